The molecule has 62 valence electrons. The van der Waals surface area contributed by atoms with Crippen molar-refractivity contribution in [3.05, 3.63) is 11.3 Å². The van der Waals surface area contributed by atoms with E-state index in [2.05, 4.69) is 0 Å². The van der Waals surface area contributed by atoms with Crippen LogP contribution in [0.5, 0.6) is 0 Å². The molecule has 4 nitrogen and oxygen atoms in total. The topological polar surface area (TPSA) is 72.5 Å². The fourth-order valence-electron chi connectivity index (χ4n) is 1.13. The van der Waals surface area contributed by atoms with E-state index in [9.17, 15) is 4.79 Å². The zero-order valence-electron chi connectivity index (χ0n) is 6.33. The first-order chi connectivity index (χ1) is 5.15. The highest BCUT2D eigenvalue weighted by molar-refractivity contribution is 5.87. The molecule has 1 rings (SSSR count). The number of carbonyl (C=O) groups is 1. The van der Waals surface area contributed by atoms with Crippen LogP contribution in [0.2, 0.25) is 0 Å². The molecule has 0 saturated heterocycles. The zero-order valence-corrected chi connectivity index (χ0v) is 6.33. The Morgan fingerprint density at radius 2 is 2.55 bits per heavy atom. The number of carboxylic acid groups (broad SMARTS) is 1. The van der Waals surface area contributed by atoms with Crippen molar-refractivity contribution >= 4 is 5.97 Å². The van der Waals surface area contributed by atoms with Gasteiger partial charge in [-0.25, -0.2) is 4.79 Å². The Morgan fingerprint density at radius 3 is 2.91 bits per heavy atom. The third kappa shape index (κ3) is 1.51. The molecule has 0 aliphatic carbocycles. The van der Waals surface area contributed by atoms with Gasteiger partial charge in [0.25, 0.3) is 0 Å². The van der Waals surface area contributed by atoms with Crippen molar-refractivity contribution in [2.24, 2.45) is 5.73 Å². The predicted octanol–water partition coefficient (Wildman–Crippen LogP) is 0.0926. The van der Waals surface area contributed by atoms with E-state index in [1.54, 1.807) is 0 Å². The molecule has 0 bridgehead atoms. The smallest absolute Gasteiger partial charge is 0.335 e. The lowest BCUT2D eigenvalue weighted by Crippen LogP contribution is -2.08. The zero-order chi connectivity index (χ0) is 8.43. The van der Waals surface area contributed by atoms with E-state index in [1.807, 2.05) is 6.92 Å². The van der Waals surface area contributed by atoms with Crippen molar-refractivity contribution in [3.63, 3.8) is 0 Å². The normalized spacial score (nSPS) is 23.6. The van der Waals surface area contributed by atoms with Gasteiger partial charge in [0.2, 0.25) is 0 Å². The lowest BCUT2D eigenvalue weighted by molar-refractivity contribution is -0.132. The molecule has 11 heavy (non-hydrogen) atoms. The highest BCUT2D eigenvalue weighted by Gasteiger charge is 2.25. The average molecular weight is 157 g/mol. The summed E-state index contributed by atoms with van der Waals surface area (Å²) in [7, 11) is 0. The number of nitrogens with two attached hydrogens (primary N) is 1. The van der Waals surface area contributed by atoms with Gasteiger partial charge in [0.1, 0.15) is 5.76 Å². The molecule has 0 radical (unpaired) electrons. The first kappa shape index (κ1) is 8.07. The van der Waals surface area contributed by atoms with Crippen molar-refractivity contribution in [1.29, 1.82) is 0 Å². The summed E-state index contributed by atoms with van der Waals surface area (Å²) in [5.41, 5.74) is 5.60. The van der Waals surface area contributed by atoms with E-state index < -0.39 is 5.97 Å². The summed E-state index contributed by atoms with van der Waals surface area (Å²) in [6, 6.07) is 0. The van der Waals surface area contributed by atoms with Gasteiger partial charge in [-0.3, -0.25) is 0 Å². The standard InChI is InChI=1S/C7H11NO3/c1-4-2-5(7(9)10)6(3-8)11-4/h4H,2-3,8H2,1H3,(H,9,10). The first-order valence-electron chi connectivity index (χ1n) is 3.47. The van der Waals surface area contributed by atoms with Gasteiger partial charge < -0.3 is 15.6 Å². The van der Waals surface area contributed by atoms with Crippen LogP contribution in [0.15, 0.2) is 11.3 Å². The van der Waals surface area contributed by atoms with Gasteiger partial charge in [0.15, 0.2) is 0 Å². The molecular weight excluding hydrogens is 146 g/mol. The summed E-state index contributed by atoms with van der Waals surface area (Å²) in [6.07, 6.45) is 0.418. The minimum atomic E-state index is -0.921. The van der Waals surface area contributed by atoms with Gasteiger partial charge in [-0.1, -0.05) is 0 Å². The summed E-state index contributed by atoms with van der Waals surface area (Å²) in [6.45, 7) is 2.00. The number of carboxylic acids is 1. The highest BCUT2D eigenvalue weighted by Crippen LogP contribution is 2.23. The quantitative estimate of drug-likeness (QED) is 0.596. The van der Waals surface area contributed by atoms with Crippen molar-refractivity contribution in [2.75, 3.05) is 6.54 Å². The Morgan fingerprint density at radius 1 is 1.91 bits per heavy atom. The van der Waals surface area contributed by atoms with Gasteiger partial charge in [-0.15, -0.1) is 0 Å². The van der Waals surface area contributed by atoms with Crippen LogP contribution in [0.25, 0.3) is 0 Å². The fraction of sp³-hybridized carbons (Fsp3) is 0.571. The maximum Gasteiger partial charge on any atom is 0.335 e. The lowest BCUT2D eigenvalue weighted by atomic mass is 10.1. The Bertz CT molecular complexity index is 210. The highest BCUT2D eigenvalue weighted by atomic mass is 16.5. The molecule has 0 aromatic rings. The molecular formula is C7H11NO3. The Kier molecular flexibility index (Phi) is 2.14. The molecule has 4 heteroatoms. The summed E-state index contributed by atoms with van der Waals surface area (Å²) in [5.74, 6) is -0.500. The van der Waals surface area contributed by atoms with E-state index >= 15 is 0 Å². The van der Waals surface area contributed by atoms with Crippen LogP contribution in [0.3, 0.4) is 0 Å². The van der Waals surface area contributed by atoms with E-state index in [0.717, 1.165) is 0 Å². The fourth-order valence-corrected chi connectivity index (χ4v) is 1.13. The van der Waals surface area contributed by atoms with E-state index in [4.69, 9.17) is 15.6 Å². The molecule has 0 spiro atoms. The lowest BCUT2D eigenvalue weighted by Gasteiger charge is -2.04. The third-order valence-corrected chi connectivity index (χ3v) is 1.62. The van der Waals surface area contributed by atoms with Crippen LogP contribution >= 0.6 is 0 Å². The SMILES string of the molecule is CC1CC(C(=O)O)=C(CN)O1. The largest absolute Gasteiger partial charge is 0.493 e. The molecule has 0 aromatic heterocycles. The van der Waals surface area contributed by atoms with Crippen LogP contribution in [-0.4, -0.2) is 23.7 Å². The summed E-state index contributed by atoms with van der Waals surface area (Å²) >= 11 is 0. The number of ether oxygens (including phenoxy) is 1. The summed E-state index contributed by atoms with van der Waals surface area (Å²) < 4.78 is 5.16. The number of hydrogen-bond donors (Lipinski definition) is 2. The van der Waals surface area contributed by atoms with Crippen molar-refractivity contribution in [2.45, 2.75) is 19.4 Å². The second-order valence-corrected chi connectivity index (χ2v) is 2.54. The molecule has 1 aliphatic heterocycles. The maximum absolute atomic E-state index is 10.5. The second-order valence-electron chi connectivity index (χ2n) is 2.54. The number of rotatable bonds is 2. The van der Waals surface area contributed by atoms with Crippen molar-refractivity contribution < 1.29 is 14.6 Å². The van der Waals surface area contributed by atoms with Crippen LogP contribution in [0.1, 0.15) is 13.3 Å². The Balaban J connectivity index is 2.79. The summed E-state index contributed by atoms with van der Waals surface area (Å²) in [5, 5.41) is 8.64. The van der Waals surface area contributed by atoms with Gasteiger partial charge in [-0.05, 0) is 6.92 Å². The molecule has 0 aromatic carbocycles. The van der Waals surface area contributed by atoms with Crippen LogP contribution in [-0.2, 0) is 9.53 Å². The summed E-state index contributed by atoms with van der Waals surface area (Å²) in [4.78, 5) is 10.5. The monoisotopic (exact) mass is 157 g/mol. The molecule has 0 saturated carbocycles. The molecule has 0 amide bonds. The Labute approximate surface area is 64.6 Å². The Hall–Kier alpha value is -1.03. The van der Waals surface area contributed by atoms with Crippen LogP contribution in [0.4, 0.5) is 0 Å². The second kappa shape index (κ2) is 2.92. The minimum absolute atomic E-state index is 0.0420. The number of aliphatic carboxylic acids is 1. The molecule has 1 unspecified atom stereocenters. The predicted molar refractivity (Wildman–Crippen MR) is 38.9 cm³/mol. The van der Waals surface area contributed by atoms with Gasteiger partial charge in [0, 0.05) is 6.42 Å². The molecule has 1 aliphatic rings. The van der Waals surface area contributed by atoms with Crippen molar-refractivity contribution in [1.82, 2.24) is 0 Å². The third-order valence-electron chi connectivity index (χ3n) is 1.62. The van der Waals surface area contributed by atoms with Crippen LogP contribution < -0.4 is 5.73 Å². The van der Waals surface area contributed by atoms with Gasteiger partial charge in [-0.2, -0.15) is 0 Å². The molecule has 1 atom stereocenters. The van der Waals surface area contributed by atoms with E-state index in [-0.39, 0.29) is 12.6 Å². The van der Waals surface area contributed by atoms with Gasteiger partial charge in [0.05, 0.1) is 18.2 Å². The maximum atomic E-state index is 10.5. The van der Waals surface area contributed by atoms with E-state index in [1.165, 1.54) is 0 Å². The van der Waals surface area contributed by atoms with Crippen molar-refractivity contribution in [3.8, 4) is 0 Å². The average Bonchev–Trinajstić information content (AvgIpc) is 2.30. The van der Waals surface area contributed by atoms with Crippen LogP contribution in [0, 0.1) is 0 Å². The molecule has 0 fully saturated rings. The number of hydrogen-bond acceptors (Lipinski definition) is 3. The minimum Gasteiger partial charge on any atom is -0.493 e. The molecule has 3 N–H and O–H groups in total. The van der Waals surface area contributed by atoms with Gasteiger partial charge >= 0.3 is 5.97 Å². The first-order valence-corrected chi connectivity index (χ1v) is 3.47. The van der Waals surface area contributed by atoms with E-state index in [0.29, 0.717) is 17.8 Å². The molecule has 1 heterocycles.